The Kier molecular flexibility index (Phi) is 8.39. The van der Waals surface area contributed by atoms with E-state index in [2.05, 4.69) is 15.0 Å². The van der Waals surface area contributed by atoms with E-state index in [1.807, 2.05) is 0 Å². The number of nitrogens with zero attached hydrogens (tertiary/aromatic N) is 4. The Balaban J connectivity index is 1.44. The fourth-order valence-electron chi connectivity index (χ4n) is 5.44. The number of aromatic nitrogens is 3. The van der Waals surface area contributed by atoms with E-state index in [4.69, 9.17) is 0 Å². The molecule has 0 aliphatic carbocycles. The Morgan fingerprint density at radius 2 is 0.694 bits per heavy atom. The van der Waals surface area contributed by atoms with Crippen LogP contribution in [0, 0.1) is 0 Å². The van der Waals surface area contributed by atoms with Crippen LogP contribution < -0.4 is 0 Å². The molecule has 0 atom stereocenters. The highest BCUT2D eigenvalue weighted by Crippen LogP contribution is 2.32. The van der Waals surface area contributed by atoms with Crippen molar-refractivity contribution in [3.05, 3.63) is 89.9 Å². The first-order chi connectivity index (χ1) is 22.9. The summed E-state index contributed by atoms with van der Waals surface area (Å²) in [6, 6.07) is 14.7. The summed E-state index contributed by atoms with van der Waals surface area (Å²) in [6.45, 7) is -0.0863. The fraction of sp³-hybridized carbons (Fsp3) is 0.100. The van der Waals surface area contributed by atoms with Gasteiger partial charge in [-0.2, -0.15) is 25.3 Å². The van der Waals surface area contributed by atoms with Crippen molar-refractivity contribution in [2.45, 2.75) is 34.3 Å². The first kappa shape index (κ1) is 33.9. The van der Waals surface area contributed by atoms with Crippen molar-refractivity contribution in [1.29, 1.82) is 0 Å². The Hall–Kier alpha value is -5.02. The number of aromatic hydroxyl groups is 3. The molecule has 254 valence electrons. The van der Waals surface area contributed by atoms with Gasteiger partial charge in [0, 0.05) is 35.8 Å². The van der Waals surface area contributed by atoms with Gasteiger partial charge in [0.2, 0.25) is 0 Å². The maximum Gasteiger partial charge on any atom is 0.295 e. The van der Waals surface area contributed by atoms with E-state index in [1.54, 1.807) is 4.90 Å². The molecular formula is C30H24N4O12S3. The van der Waals surface area contributed by atoms with Gasteiger partial charge in [-0.15, -0.1) is 0 Å². The summed E-state index contributed by atoms with van der Waals surface area (Å²) in [6.07, 6.45) is 0. The van der Waals surface area contributed by atoms with Crippen molar-refractivity contribution in [2.24, 2.45) is 0 Å². The van der Waals surface area contributed by atoms with Crippen LogP contribution in [0.4, 0.5) is 0 Å². The van der Waals surface area contributed by atoms with Gasteiger partial charge in [0.05, 0.1) is 17.1 Å². The third kappa shape index (κ3) is 6.81. The van der Waals surface area contributed by atoms with Crippen LogP contribution in [0.25, 0.3) is 32.7 Å². The molecule has 6 aromatic rings. The molecule has 0 saturated carbocycles. The molecule has 0 saturated heterocycles. The van der Waals surface area contributed by atoms with Crippen LogP contribution in [-0.2, 0) is 50.0 Å². The summed E-state index contributed by atoms with van der Waals surface area (Å²) in [5.74, 6) is -1.09. The van der Waals surface area contributed by atoms with Crippen LogP contribution in [0.5, 0.6) is 17.2 Å². The predicted molar refractivity (Wildman–Crippen MR) is 173 cm³/mol. The van der Waals surface area contributed by atoms with Crippen LogP contribution in [0.3, 0.4) is 0 Å². The molecule has 6 N–H and O–H groups in total. The lowest BCUT2D eigenvalue weighted by molar-refractivity contribution is 0.239. The van der Waals surface area contributed by atoms with Crippen LogP contribution in [0.1, 0.15) is 17.1 Å². The van der Waals surface area contributed by atoms with Crippen molar-refractivity contribution < 1.29 is 54.2 Å². The zero-order valence-electron chi connectivity index (χ0n) is 24.7. The molecule has 6 rings (SSSR count). The second kappa shape index (κ2) is 12.1. The Labute approximate surface area is 277 Å². The van der Waals surface area contributed by atoms with Crippen LogP contribution in [-0.4, -0.2) is 74.1 Å². The molecule has 3 heterocycles. The molecule has 16 nitrogen and oxygen atoms in total. The van der Waals surface area contributed by atoms with Crippen LogP contribution in [0.2, 0.25) is 0 Å². The Bertz CT molecular complexity index is 2380. The van der Waals surface area contributed by atoms with E-state index in [0.29, 0.717) is 17.1 Å². The summed E-state index contributed by atoms with van der Waals surface area (Å²) in [4.78, 5) is 13.5. The molecule has 0 radical (unpaired) electrons. The van der Waals surface area contributed by atoms with Gasteiger partial charge in [0.25, 0.3) is 30.4 Å². The zero-order valence-corrected chi connectivity index (χ0v) is 27.1. The number of hydrogen-bond acceptors (Lipinski definition) is 13. The third-order valence-corrected chi connectivity index (χ3v) is 10.3. The van der Waals surface area contributed by atoms with Crippen molar-refractivity contribution in [3.63, 3.8) is 0 Å². The molecule has 3 aromatic carbocycles. The minimum Gasteiger partial charge on any atom is -0.506 e. The van der Waals surface area contributed by atoms with Crippen molar-refractivity contribution in [1.82, 2.24) is 19.9 Å². The molecule has 0 amide bonds. The van der Waals surface area contributed by atoms with Crippen molar-refractivity contribution in [2.75, 3.05) is 0 Å². The number of benzene rings is 3. The highest BCUT2D eigenvalue weighted by Gasteiger charge is 2.22. The Morgan fingerprint density at radius 1 is 0.429 bits per heavy atom. The zero-order chi connectivity index (χ0) is 35.5. The van der Waals surface area contributed by atoms with Gasteiger partial charge in [-0.05, 0) is 72.8 Å². The second-order valence-corrected chi connectivity index (χ2v) is 15.1. The molecule has 0 bridgehead atoms. The molecule has 0 fully saturated rings. The average Bonchev–Trinajstić information content (AvgIpc) is 3.00. The van der Waals surface area contributed by atoms with Crippen LogP contribution >= 0.6 is 0 Å². The van der Waals surface area contributed by atoms with Gasteiger partial charge in [-0.25, -0.2) is 15.0 Å². The van der Waals surface area contributed by atoms with Crippen molar-refractivity contribution in [3.8, 4) is 17.2 Å². The van der Waals surface area contributed by atoms with Gasteiger partial charge >= 0.3 is 0 Å². The molecule has 49 heavy (non-hydrogen) atoms. The summed E-state index contributed by atoms with van der Waals surface area (Å²) in [5.41, 5.74) is 0.529. The molecule has 0 unspecified atom stereocenters. The van der Waals surface area contributed by atoms with Gasteiger partial charge in [0.1, 0.15) is 48.5 Å². The third-order valence-electron chi connectivity index (χ3n) is 7.55. The maximum absolute atomic E-state index is 11.9. The number of phenolic OH excluding ortho intramolecular Hbond substituents is 3. The summed E-state index contributed by atoms with van der Waals surface area (Å²) in [5, 5.41) is 31.3. The monoisotopic (exact) mass is 728 g/mol. The summed E-state index contributed by atoms with van der Waals surface area (Å²) >= 11 is 0. The SMILES string of the molecule is O=S(=O)(O)c1ccc(O)c2nc(CN(Cc3ccc4c(S(=O)(=O)O)ccc(O)c4n3)Cc3ccc4c(S(=O)(=O)O)ccc(O)c4n3)ccc12. The van der Waals surface area contributed by atoms with E-state index in [9.17, 15) is 54.2 Å². The second-order valence-electron chi connectivity index (χ2n) is 10.9. The minimum absolute atomic E-state index is 0.0288. The first-order valence-corrected chi connectivity index (χ1v) is 18.2. The lowest BCUT2D eigenvalue weighted by Crippen LogP contribution is -2.24. The number of hydrogen-bond donors (Lipinski definition) is 6. The van der Waals surface area contributed by atoms with Gasteiger partial charge in [-0.3, -0.25) is 18.6 Å². The van der Waals surface area contributed by atoms with Crippen molar-refractivity contribution >= 4 is 63.1 Å². The van der Waals surface area contributed by atoms with E-state index in [0.717, 1.165) is 36.4 Å². The van der Waals surface area contributed by atoms with E-state index < -0.39 is 45.0 Å². The smallest absolute Gasteiger partial charge is 0.295 e. The highest BCUT2D eigenvalue weighted by molar-refractivity contribution is 7.86. The van der Waals surface area contributed by atoms with E-state index in [-0.39, 0.29) is 69.6 Å². The minimum atomic E-state index is -4.66. The standard InChI is InChI=1S/C30H24N4O12S3/c35-22-7-10-25(47(38,39)40)19-4-1-16(31-28(19)22)13-34(14-17-2-5-20-26(48(41,42)43)11-8-23(36)29(20)32-17)15-18-3-6-21-27(49(44,45)46)12-9-24(37)30(21)33-18/h1-12,35-37H,13-15H2,(H,38,39,40)(H,41,42,43)(H,44,45,46). The fourth-order valence-corrected chi connectivity index (χ4v) is 7.49. The topological polar surface area (TPSA) is 266 Å². The van der Waals surface area contributed by atoms with Crippen LogP contribution in [0.15, 0.2) is 87.5 Å². The van der Waals surface area contributed by atoms with Gasteiger partial charge in [0.15, 0.2) is 0 Å². The lowest BCUT2D eigenvalue weighted by Gasteiger charge is -2.22. The molecule has 0 spiro atoms. The normalized spacial score (nSPS) is 12.7. The molecular weight excluding hydrogens is 705 g/mol. The molecule has 19 heteroatoms. The highest BCUT2D eigenvalue weighted by atomic mass is 32.2. The average molecular weight is 729 g/mol. The molecule has 0 aliphatic heterocycles. The number of pyridine rings is 3. The lowest BCUT2D eigenvalue weighted by atomic mass is 10.1. The van der Waals surface area contributed by atoms with Gasteiger partial charge in [-0.1, -0.05) is 0 Å². The maximum atomic E-state index is 11.9. The summed E-state index contributed by atoms with van der Waals surface area (Å²) < 4.78 is 100. The molecule has 0 aliphatic rings. The summed E-state index contributed by atoms with van der Waals surface area (Å²) in [7, 11) is -14.0. The van der Waals surface area contributed by atoms with E-state index in [1.165, 1.54) is 36.4 Å². The number of phenols is 3. The number of fused-ring (bicyclic) bond motifs is 3. The quantitative estimate of drug-likeness (QED) is 0.116. The largest absolute Gasteiger partial charge is 0.506 e. The number of rotatable bonds is 9. The Morgan fingerprint density at radius 3 is 0.939 bits per heavy atom. The van der Waals surface area contributed by atoms with E-state index >= 15 is 0 Å². The molecule has 3 aromatic heterocycles. The predicted octanol–water partition coefficient (Wildman–Crippen LogP) is 3.39. The first-order valence-electron chi connectivity index (χ1n) is 13.9. The van der Waals surface area contributed by atoms with Gasteiger partial charge < -0.3 is 15.3 Å².